The highest BCUT2D eigenvalue weighted by atomic mass is 32.1. The van der Waals surface area contributed by atoms with Gasteiger partial charge in [0.25, 0.3) is 0 Å². The molecule has 1 aliphatic rings. The minimum atomic E-state index is 0.0234. The van der Waals surface area contributed by atoms with E-state index in [1.54, 1.807) is 28.8 Å². The van der Waals surface area contributed by atoms with Gasteiger partial charge in [0.2, 0.25) is 5.91 Å². The Labute approximate surface area is 221 Å². The van der Waals surface area contributed by atoms with Crippen molar-refractivity contribution in [2.45, 2.75) is 40.0 Å². The Bertz CT molecular complexity index is 1420. The third-order valence-electron chi connectivity index (χ3n) is 6.62. The molecule has 4 aromatic rings. The van der Waals surface area contributed by atoms with Crippen LogP contribution >= 0.6 is 11.3 Å². The second kappa shape index (κ2) is 10.3. The van der Waals surface area contributed by atoms with Crippen molar-refractivity contribution in [3.63, 3.8) is 0 Å². The zero-order chi connectivity index (χ0) is 26.2. The van der Waals surface area contributed by atoms with E-state index >= 15 is 0 Å². The number of fused-ring (bicyclic) bond motifs is 4. The molecule has 0 saturated heterocycles. The van der Waals surface area contributed by atoms with Gasteiger partial charge in [-0.1, -0.05) is 20.8 Å². The molecular formula is C27H35N7O2S. The van der Waals surface area contributed by atoms with Crippen molar-refractivity contribution in [1.82, 2.24) is 30.4 Å². The number of carbonyl (C=O) groups excluding carboxylic acids is 1. The Hall–Kier alpha value is -3.24. The molecular weight excluding hydrogens is 486 g/mol. The molecule has 0 bridgehead atoms. The van der Waals surface area contributed by atoms with E-state index in [1.807, 2.05) is 26.2 Å². The summed E-state index contributed by atoms with van der Waals surface area (Å²) < 4.78 is 6.21. The van der Waals surface area contributed by atoms with E-state index in [2.05, 4.69) is 51.6 Å². The summed E-state index contributed by atoms with van der Waals surface area (Å²) in [6, 6.07) is 4.02. The Morgan fingerprint density at radius 3 is 2.89 bits per heavy atom. The lowest BCUT2D eigenvalue weighted by Gasteiger charge is -2.24. The van der Waals surface area contributed by atoms with Crippen LogP contribution in [0.2, 0.25) is 0 Å². The van der Waals surface area contributed by atoms with Crippen LogP contribution in [-0.4, -0.2) is 64.8 Å². The second-order valence-corrected chi connectivity index (χ2v) is 12.2. The second-order valence-electron chi connectivity index (χ2n) is 11.1. The van der Waals surface area contributed by atoms with E-state index in [-0.39, 0.29) is 17.2 Å². The average Bonchev–Trinajstić information content (AvgIpc) is 3.46. The van der Waals surface area contributed by atoms with Crippen LogP contribution in [0, 0.1) is 11.3 Å². The normalized spacial score (nSPS) is 15.6. The fourth-order valence-corrected chi connectivity index (χ4v) is 6.06. The van der Waals surface area contributed by atoms with Gasteiger partial charge in [0, 0.05) is 49.4 Å². The molecule has 3 heterocycles. The Morgan fingerprint density at radius 1 is 1.27 bits per heavy atom. The lowest BCUT2D eigenvalue weighted by molar-refractivity contribution is -0.133. The molecule has 0 unspecified atom stereocenters. The molecule has 0 fully saturated rings. The van der Waals surface area contributed by atoms with Gasteiger partial charge in [-0.2, -0.15) is 5.10 Å². The minimum Gasteiger partial charge on any atom is -0.490 e. The maximum Gasteiger partial charge on any atom is 0.225 e. The number of benzene rings is 1. The van der Waals surface area contributed by atoms with Gasteiger partial charge in [0.1, 0.15) is 29.3 Å². The summed E-state index contributed by atoms with van der Waals surface area (Å²) in [5.74, 6) is 1.72. The maximum atomic E-state index is 12.6. The zero-order valence-corrected chi connectivity index (χ0v) is 23.0. The monoisotopic (exact) mass is 521 g/mol. The zero-order valence-electron chi connectivity index (χ0n) is 22.1. The summed E-state index contributed by atoms with van der Waals surface area (Å²) in [4.78, 5) is 25.7. The van der Waals surface area contributed by atoms with Crippen LogP contribution < -0.4 is 15.4 Å². The molecule has 1 aromatic carbocycles. The smallest absolute Gasteiger partial charge is 0.225 e. The molecule has 1 atom stereocenters. The van der Waals surface area contributed by atoms with Crippen molar-refractivity contribution < 1.29 is 9.53 Å². The van der Waals surface area contributed by atoms with E-state index in [0.717, 1.165) is 70.7 Å². The van der Waals surface area contributed by atoms with Crippen molar-refractivity contribution in [3.05, 3.63) is 35.1 Å². The van der Waals surface area contributed by atoms with Crippen LogP contribution in [0.3, 0.4) is 0 Å². The van der Waals surface area contributed by atoms with Gasteiger partial charge in [-0.3, -0.25) is 9.89 Å². The highest BCUT2D eigenvalue weighted by molar-refractivity contribution is 7.19. The first-order valence-electron chi connectivity index (χ1n) is 12.7. The molecule has 196 valence electrons. The molecule has 1 amide bonds. The number of aromatic amines is 1. The first kappa shape index (κ1) is 25.4. The molecule has 1 aliphatic carbocycles. The molecule has 9 nitrogen and oxygen atoms in total. The molecule has 3 aromatic heterocycles. The van der Waals surface area contributed by atoms with Crippen LogP contribution in [0.25, 0.3) is 21.1 Å². The van der Waals surface area contributed by atoms with Gasteiger partial charge in [0.05, 0.1) is 22.8 Å². The van der Waals surface area contributed by atoms with E-state index in [1.165, 1.54) is 10.4 Å². The third-order valence-corrected chi connectivity index (χ3v) is 7.78. The third kappa shape index (κ3) is 5.55. The standard InChI is InChI=1S/C27H35N7O2S/c1-27(2,3)14-28-8-9-36-21-12-19-17(13-31-33-19)10-20(21)32-24-23-18-7-6-16(26(35)34(4)5)11-22(18)37-25(23)30-15-29-24/h10,12-13,15-16,28H,6-9,11,14H2,1-5H3,(H,31,33)(H,29,30,32)/t16-/m0/s1. The van der Waals surface area contributed by atoms with E-state index in [4.69, 9.17) is 4.74 Å². The SMILES string of the molecule is CN(C)C(=O)[C@H]1CCc2c(sc3ncnc(Nc4cc5cn[nH]c5cc4OCCNCC(C)(C)C)c23)C1. The molecule has 10 heteroatoms. The van der Waals surface area contributed by atoms with E-state index < -0.39 is 0 Å². The Balaban J connectivity index is 1.41. The maximum absolute atomic E-state index is 12.6. The van der Waals surface area contributed by atoms with Crippen LogP contribution in [0.4, 0.5) is 11.5 Å². The molecule has 5 rings (SSSR count). The largest absolute Gasteiger partial charge is 0.490 e. The molecule has 0 radical (unpaired) electrons. The number of aryl methyl sites for hydroxylation is 1. The number of carbonyl (C=O) groups is 1. The van der Waals surface area contributed by atoms with E-state index in [9.17, 15) is 4.79 Å². The summed E-state index contributed by atoms with van der Waals surface area (Å²) in [5.41, 5.74) is 3.23. The number of nitrogens with one attached hydrogen (secondary N) is 3. The number of aromatic nitrogens is 4. The molecule has 0 saturated carbocycles. The number of hydrogen-bond acceptors (Lipinski definition) is 8. The van der Waals surface area contributed by atoms with Crippen LogP contribution in [0.15, 0.2) is 24.7 Å². The number of amides is 1. The lowest BCUT2D eigenvalue weighted by Crippen LogP contribution is -2.32. The summed E-state index contributed by atoms with van der Waals surface area (Å²) >= 11 is 1.67. The van der Waals surface area contributed by atoms with Crippen LogP contribution in [0.5, 0.6) is 5.75 Å². The van der Waals surface area contributed by atoms with Crippen LogP contribution in [0.1, 0.15) is 37.6 Å². The lowest BCUT2D eigenvalue weighted by atomic mass is 9.87. The predicted molar refractivity (Wildman–Crippen MR) is 149 cm³/mol. The van der Waals surface area contributed by atoms with Crippen molar-refractivity contribution in [2.24, 2.45) is 11.3 Å². The van der Waals surface area contributed by atoms with Crippen LogP contribution in [-0.2, 0) is 17.6 Å². The first-order valence-corrected chi connectivity index (χ1v) is 13.6. The van der Waals surface area contributed by atoms with Gasteiger partial charge >= 0.3 is 0 Å². The highest BCUT2D eigenvalue weighted by Crippen LogP contribution is 2.41. The van der Waals surface area contributed by atoms with E-state index in [0.29, 0.717) is 6.61 Å². The van der Waals surface area contributed by atoms with Crippen molar-refractivity contribution in [3.8, 4) is 5.75 Å². The summed E-state index contributed by atoms with van der Waals surface area (Å²) in [5, 5.41) is 16.3. The van der Waals surface area contributed by atoms with Gasteiger partial charge < -0.3 is 20.3 Å². The first-order chi connectivity index (χ1) is 17.7. The molecule has 3 N–H and O–H groups in total. The number of nitrogens with zero attached hydrogens (tertiary/aromatic N) is 4. The molecule has 37 heavy (non-hydrogen) atoms. The summed E-state index contributed by atoms with van der Waals surface area (Å²) in [6.07, 6.45) is 5.83. The van der Waals surface area contributed by atoms with Gasteiger partial charge in [-0.05, 0) is 36.3 Å². The topological polar surface area (TPSA) is 108 Å². The highest BCUT2D eigenvalue weighted by Gasteiger charge is 2.30. The Morgan fingerprint density at radius 2 is 2.11 bits per heavy atom. The molecule has 0 spiro atoms. The number of anilines is 2. The van der Waals surface area contributed by atoms with Gasteiger partial charge in [-0.15, -0.1) is 11.3 Å². The quantitative estimate of drug-likeness (QED) is 0.293. The van der Waals surface area contributed by atoms with Crippen molar-refractivity contribution in [2.75, 3.05) is 39.1 Å². The number of thiophene rings is 1. The Kier molecular flexibility index (Phi) is 7.04. The number of rotatable bonds is 8. The number of H-pyrrole nitrogens is 1. The number of ether oxygens (including phenoxy) is 1. The number of hydrogen-bond donors (Lipinski definition) is 3. The average molecular weight is 522 g/mol. The van der Waals surface area contributed by atoms with Crippen molar-refractivity contribution >= 4 is 49.9 Å². The summed E-state index contributed by atoms with van der Waals surface area (Å²) in [7, 11) is 3.65. The van der Waals surface area contributed by atoms with Gasteiger partial charge in [-0.25, -0.2) is 9.97 Å². The fourth-order valence-electron chi connectivity index (χ4n) is 4.79. The van der Waals surface area contributed by atoms with Crippen molar-refractivity contribution in [1.29, 1.82) is 0 Å². The molecule has 0 aliphatic heterocycles. The van der Waals surface area contributed by atoms with Gasteiger partial charge in [0.15, 0.2) is 0 Å². The minimum absolute atomic E-state index is 0.0234. The fraction of sp³-hybridized carbons (Fsp3) is 0.481. The predicted octanol–water partition coefficient (Wildman–Crippen LogP) is 4.52. The summed E-state index contributed by atoms with van der Waals surface area (Å²) in [6.45, 7) is 8.84.